The van der Waals surface area contributed by atoms with Gasteiger partial charge in [-0.15, -0.1) is 11.3 Å². The number of fused-ring (bicyclic) bond motifs is 1. The van der Waals surface area contributed by atoms with Crippen molar-refractivity contribution in [2.45, 2.75) is 13.1 Å². The summed E-state index contributed by atoms with van der Waals surface area (Å²) in [5, 5.41) is 3.91. The maximum absolute atomic E-state index is 13.0. The first-order valence-electron chi connectivity index (χ1n) is 6.66. The van der Waals surface area contributed by atoms with E-state index in [1.165, 1.54) is 30.5 Å². The number of benzene rings is 1. The lowest BCUT2D eigenvalue weighted by atomic mass is 10.1. The summed E-state index contributed by atoms with van der Waals surface area (Å²) in [6.45, 7) is 1.91. The van der Waals surface area contributed by atoms with Gasteiger partial charge in [-0.2, -0.15) is 13.2 Å². The number of halogens is 3. The Hall–Kier alpha value is -2.35. The molecule has 0 fully saturated rings. The van der Waals surface area contributed by atoms with Crippen molar-refractivity contribution in [2.75, 3.05) is 5.32 Å². The highest BCUT2D eigenvalue weighted by Crippen LogP contribution is 2.31. The van der Waals surface area contributed by atoms with E-state index in [9.17, 15) is 18.0 Å². The van der Waals surface area contributed by atoms with Gasteiger partial charge in [-0.1, -0.05) is 0 Å². The van der Waals surface area contributed by atoms with Gasteiger partial charge >= 0.3 is 6.18 Å². The Kier molecular flexibility index (Phi) is 3.63. The van der Waals surface area contributed by atoms with Crippen LogP contribution in [-0.2, 0) is 13.2 Å². The Morgan fingerprint density at radius 3 is 2.61 bits per heavy atom. The van der Waals surface area contributed by atoms with Gasteiger partial charge < -0.3 is 9.88 Å². The molecule has 1 N–H and O–H groups in total. The lowest BCUT2D eigenvalue weighted by Gasteiger charge is -2.15. The van der Waals surface area contributed by atoms with Gasteiger partial charge in [0.1, 0.15) is 5.69 Å². The average Bonchev–Trinajstić information content (AvgIpc) is 2.87. The van der Waals surface area contributed by atoms with E-state index in [4.69, 9.17) is 0 Å². The normalized spacial score (nSPS) is 11.9. The van der Waals surface area contributed by atoms with Crippen LogP contribution in [-0.4, -0.2) is 9.55 Å². The molecular formula is C15H12F3N3OS. The van der Waals surface area contributed by atoms with Gasteiger partial charge in [-0.05, 0) is 25.1 Å². The molecule has 0 saturated carbocycles. The number of rotatable bonds is 2. The molecule has 2 aromatic heterocycles. The fourth-order valence-electron chi connectivity index (χ4n) is 2.33. The summed E-state index contributed by atoms with van der Waals surface area (Å²) in [4.78, 5) is 17.1. The van der Waals surface area contributed by atoms with Gasteiger partial charge in [0.2, 0.25) is 0 Å². The van der Waals surface area contributed by atoms with Crippen molar-refractivity contribution >= 4 is 33.1 Å². The summed E-state index contributed by atoms with van der Waals surface area (Å²) in [7, 11) is 1.29. The first kappa shape index (κ1) is 15.5. The largest absolute Gasteiger partial charge is 0.431 e. The Morgan fingerprint density at radius 2 is 2.00 bits per heavy atom. The number of nitrogens with zero attached hydrogens (tertiary/aromatic N) is 2. The fraction of sp³-hybridized carbons (Fsp3) is 0.200. The molecule has 3 rings (SSSR count). The van der Waals surface area contributed by atoms with Crippen molar-refractivity contribution in [3.05, 3.63) is 51.3 Å². The van der Waals surface area contributed by atoms with E-state index >= 15 is 0 Å². The third-order valence-corrected chi connectivity index (χ3v) is 4.24. The van der Waals surface area contributed by atoms with E-state index < -0.39 is 17.3 Å². The van der Waals surface area contributed by atoms with Crippen LogP contribution in [0.1, 0.15) is 10.6 Å². The molecule has 0 atom stereocenters. The van der Waals surface area contributed by atoms with E-state index in [0.29, 0.717) is 16.9 Å². The van der Waals surface area contributed by atoms with Crippen LogP contribution >= 0.6 is 11.3 Å². The van der Waals surface area contributed by atoms with Crippen molar-refractivity contribution in [3.63, 3.8) is 0 Å². The van der Waals surface area contributed by atoms with Crippen molar-refractivity contribution in [2.24, 2.45) is 7.05 Å². The van der Waals surface area contributed by atoms with Gasteiger partial charge in [0, 0.05) is 35.3 Å². The smallest absolute Gasteiger partial charge is 0.340 e. The molecule has 8 heteroatoms. The summed E-state index contributed by atoms with van der Waals surface area (Å²) in [6, 6.07) is 5.30. The van der Waals surface area contributed by atoms with Gasteiger partial charge in [-0.25, -0.2) is 4.98 Å². The number of pyridine rings is 1. The van der Waals surface area contributed by atoms with Crippen LogP contribution in [0.4, 0.5) is 24.0 Å². The predicted octanol–water partition coefficient (Wildman–Crippen LogP) is 4.07. The molecule has 2 heterocycles. The monoisotopic (exact) mass is 339 g/mol. The zero-order chi connectivity index (χ0) is 16.8. The van der Waals surface area contributed by atoms with Crippen LogP contribution in [0.3, 0.4) is 0 Å². The molecule has 1 aromatic carbocycles. The SMILES string of the molecule is Cc1cnc(Nc2ccc3c(=O)cc(C(F)(F)F)n(C)c3c2)s1. The second-order valence-electron chi connectivity index (χ2n) is 5.08. The summed E-state index contributed by atoms with van der Waals surface area (Å²) >= 11 is 1.43. The first-order chi connectivity index (χ1) is 10.8. The molecule has 0 amide bonds. The third kappa shape index (κ3) is 2.94. The number of alkyl halides is 3. The zero-order valence-corrected chi connectivity index (χ0v) is 13.0. The minimum Gasteiger partial charge on any atom is -0.340 e. The van der Waals surface area contributed by atoms with E-state index in [-0.39, 0.29) is 10.9 Å². The van der Waals surface area contributed by atoms with E-state index in [1.54, 1.807) is 12.3 Å². The predicted molar refractivity (Wildman–Crippen MR) is 84.3 cm³/mol. The summed E-state index contributed by atoms with van der Waals surface area (Å²) < 4.78 is 40.1. The molecule has 0 bridgehead atoms. The van der Waals surface area contributed by atoms with Crippen LogP contribution in [0.5, 0.6) is 0 Å². The van der Waals surface area contributed by atoms with Crippen LogP contribution in [0.25, 0.3) is 10.9 Å². The van der Waals surface area contributed by atoms with Gasteiger partial charge in [0.25, 0.3) is 0 Å². The number of hydrogen-bond acceptors (Lipinski definition) is 4. The summed E-state index contributed by atoms with van der Waals surface area (Å²) in [5.41, 5.74) is -0.844. The highest BCUT2D eigenvalue weighted by Gasteiger charge is 2.34. The topological polar surface area (TPSA) is 46.9 Å². The minimum atomic E-state index is -4.59. The number of hydrogen-bond donors (Lipinski definition) is 1. The van der Waals surface area contributed by atoms with E-state index in [0.717, 1.165) is 9.44 Å². The number of thiazole rings is 1. The molecule has 0 unspecified atom stereocenters. The lowest BCUT2D eigenvalue weighted by molar-refractivity contribution is -0.143. The number of aromatic nitrogens is 2. The van der Waals surface area contributed by atoms with Crippen LogP contribution in [0.15, 0.2) is 35.3 Å². The molecule has 0 saturated heterocycles. The average molecular weight is 339 g/mol. The minimum absolute atomic E-state index is 0.211. The van der Waals surface area contributed by atoms with Gasteiger partial charge in [-0.3, -0.25) is 4.79 Å². The van der Waals surface area contributed by atoms with Crippen LogP contribution in [0, 0.1) is 6.92 Å². The molecule has 0 aliphatic carbocycles. The second kappa shape index (κ2) is 5.38. The summed E-state index contributed by atoms with van der Waals surface area (Å²) in [6.07, 6.45) is -2.89. The molecule has 3 aromatic rings. The zero-order valence-electron chi connectivity index (χ0n) is 12.2. The van der Waals surface area contributed by atoms with Crippen LogP contribution in [0.2, 0.25) is 0 Å². The van der Waals surface area contributed by atoms with Crippen molar-refractivity contribution in [3.8, 4) is 0 Å². The van der Waals surface area contributed by atoms with Gasteiger partial charge in [0.05, 0.1) is 5.52 Å². The Balaban J connectivity index is 2.14. The molecule has 0 aliphatic rings. The Morgan fingerprint density at radius 1 is 1.26 bits per heavy atom. The molecule has 0 spiro atoms. The molecule has 0 aliphatic heterocycles. The molecule has 23 heavy (non-hydrogen) atoms. The molecule has 0 radical (unpaired) electrons. The van der Waals surface area contributed by atoms with Crippen molar-refractivity contribution in [1.29, 1.82) is 0 Å². The maximum Gasteiger partial charge on any atom is 0.431 e. The van der Waals surface area contributed by atoms with Crippen molar-refractivity contribution in [1.82, 2.24) is 9.55 Å². The van der Waals surface area contributed by atoms with Crippen LogP contribution < -0.4 is 10.7 Å². The quantitative estimate of drug-likeness (QED) is 0.766. The maximum atomic E-state index is 13.0. The fourth-order valence-corrected chi connectivity index (χ4v) is 3.02. The van der Waals surface area contributed by atoms with E-state index in [2.05, 4.69) is 10.3 Å². The van der Waals surface area contributed by atoms with Gasteiger partial charge in [0.15, 0.2) is 10.6 Å². The highest BCUT2D eigenvalue weighted by atomic mass is 32.1. The lowest BCUT2D eigenvalue weighted by Crippen LogP contribution is -2.19. The second-order valence-corrected chi connectivity index (χ2v) is 6.32. The third-order valence-electron chi connectivity index (χ3n) is 3.42. The first-order valence-corrected chi connectivity index (χ1v) is 7.48. The number of anilines is 2. The summed E-state index contributed by atoms with van der Waals surface area (Å²) in [5.74, 6) is 0. The Bertz CT molecular complexity index is 943. The van der Waals surface area contributed by atoms with E-state index in [1.807, 2.05) is 6.92 Å². The highest BCUT2D eigenvalue weighted by molar-refractivity contribution is 7.15. The Labute approximate surface area is 133 Å². The number of aryl methyl sites for hydroxylation is 2. The standard InChI is InChI=1S/C15H12F3N3OS/c1-8-7-19-14(23-8)20-9-3-4-10-11(5-9)21(2)13(6-12(10)22)15(16,17)18/h3-7H,1-2H3,(H,19,20). The molecule has 4 nitrogen and oxygen atoms in total. The molecule has 120 valence electrons. The molecular weight excluding hydrogens is 327 g/mol. The van der Waals surface area contributed by atoms with Crippen molar-refractivity contribution < 1.29 is 13.2 Å². The number of nitrogens with one attached hydrogen (secondary N) is 1.